The summed E-state index contributed by atoms with van der Waals surface area (Å²) in [6.45, 7) is 0. The van der Waals surface area contributed by atoms with Gasteiger partial charge in [-0.1, -0.05) is 0 Å². The summed E-state index contributed by atoms with van der Waals surface area (Å²) < 4.78 is 1.95. The van der Waals surface area contributed by atoms with E-state index in [2.05, 4.69) is 9.97 Å². The third-order valence-electron chi connectivity index (χ3n) is 1.41. The lowest BCUT2D eigenvalue weighted by atomic mass is 10.5. The van der Waals surface area contributed by atoms with Crippen LogP contribution in [0.4, 0.5) is 0 Å². The molecule has 2 aromatic rings. The second kappa shape index (κ2) is 1.80. The average Bonchev–Trinajstić information content (AvgIpc) is 2.27. The summed E-state index contributed by atoms with van der Waals surface area (Å²) in [4.78, 5) is 8.24. The smallest absolute Gasteiger partial charge is 0.106 e. The van der Waals surface area contributed by atoms with Crippen molar-refractivity contribution in [3.05, 3.63) is 24.8 Å². The molecule has 0 saturated carbocycles. The Balaban J connectivity index is 2.88. The van der Waals surface area contributed by atoms with Crippen molar-refractivity contribution in [3.8, 4) is 0 Å². The van der Waals surface area contributed by atoms with Gasteiger partial charge in [0.1, 0.15) is 11.0 Å². The van der Waals surface area contributed by atoms with Gasteiger partial charge >= 0.3 is 0 Å². The zero-order valence-electron chi connectivity index (χ0n) is 5.65. The molecule has 0 bridgehead atoms. The standard InChI is InChI=1S/C7H7N3/c1-10-4-6-7(5-10)9-3-2-8-6/h2-5H,1H3. The molecule has 2 rings (SSSR count). The summed E-state index contributed by atoms with van der Waals surface area (Å²) in [7, 11) is 1.96. The van der Waals surface area contributed by atoms with E-state index in [-0.39, 0.29) is 0 Å². The second-order valence-electron chi connectivity index (χ2n) is 2.25. The molecule has 0 radical (unpaired) electrons. The fourth-order valence-electron chi connectivity index (χ4n) is 0.982. The van der Waals surface area contributed by atoms with E-state index in [1.54, 1.807) is 12.4 Å². The van der Waals surface area contributed by atoms with Crippen LogP contribution in [0.3, 0.4) is 0 Å². The first kappa shape index (κ1) is 5.41. The maximum atomic E-state index is 4.12. The third kappa shape index (κ3) is 0.673. The molecule has 0 aromatic carbocycles. The predicted molar refractivity (Wildman–Crippen MR) is 38.5 cm³/mol. The lowest BCUT2D eigenvalue weighted by Gasteiger charge is -1.80. The van der Waals surface area contributed by atoms with Gasteiger partial charge in [-0.3, -0.25) is 9.97 Å². The zero-order valence-corrected chi connectivity index (χ0v) is 5.65. The highest BCUT2D eigenvalue weighted by atomic mass is 14.9. The molecule has 0 aliphatic carbocycles. The Morgan fingerprint density at radius 1 is 1.10 bits per heavy atom. The highest BCUT2D eigenvalue weighted by molar-refractivity contribution is 5.72. The SMILES string of the molecule is Cn1cc2nccnc2c1. The van der Waals surface area contributed by atoms with Gasteiger partial charge in [0.25, 0.3) is 0 Å². The Bertz CT molecular complexity index is 317. The van der Waals surface area contributed by atoms with Gasteiger partial charge in [0.2, 0.25) is 0 Å². The van der Waals surface area contributed by atoms with E-state index in [0.29, 0.717) is 0 Å². The molecule has 0 spiro atoms. The summed E-state index contributed by atoms with van der Waals surface area (Å²) in [5.41, 5.74) is 1.90. The summed E-state index contributed by atoms with van der Waals surface area (Å²) in [5.74, 6) is 0. The van der Waals surface area contributed by atoms with Gasteiger partial charge in [-0.05, 0) is 0 Å². The Hall–Kier alpha value is -1.38. The molecule has 0 amide bonds. The van der Waals surface area contributed by atoms with Crippen LogP contribution in [0.1, 0.15) is 0 Å². The highest BCUT2D eigenvalue weighted by Gasteiger charge is 1.94. The van der Waals surface area contributed by atoms with Crippen molar-refractivity contribution < 1.29 is 0 Å². The fraction of sp³-hybridized carbons (Fsp3) is 0.143. The molecule has 3 nitrogen and oxygen atoms in total. The van der Waals surface area contributed by atoms with Gasteiger partial charge in [0.15, 0.2) is 0 Å². The molecule has 0 N–H and O–H groups in total. The molecular formula is C7H7N3. The summed E-state index contributed by atoms with van der Waals surface area (Å²) in [6, 6.07) is 0. The van der Waals surface area contributed by atoms with Crippen LogP contribution in [0.2, 0.25) is 0 Å². The number of nitrogens with zero attached hydrogens (tertiary/aromatic N) is 3. The summed E-state index contributed by atoms with van der Waals surface area (Å²) in [6.07, 6.45) is 7.29. The largest absolute Gasteiger partial charge is 0.353 e. The Labute approximate surface area is 58.3 Å². The van der Waals surface area contributed by atoms with Gasteiger partial charge in [-0.15, -0.1) is 0 Å². The van der Waals surface area contributed by atoms with Gasteiger partial charge in [-0.2, -0.15) is 0 Å². The van der Waals surface area contributed by atoms with Crippen LogP contribution in [0.15, 0.2) is 24.8 Å². The molecule has 3 heteroatoms. The van der Waals surface area contributed by atoms with E-state index < -0.39 is 0 Å². The Kier molecular flexibility index (Phi) is 0.974. The molecule has 2 aromatic heterocycles. The third-order valence-corrected chi connectivity index (χ3v) is 1.41. The van der Waals surface area contributed by atoms with Crippen LogP contribution in [0.25, 0.3) is 11.0 Å². The molecule has 50 valence electrons. The van der Waals surface area contributed by atoms with E-state index in [1.807, 2.05) is 24.0 Å². The van der Waals surface area contributed by atoms with E-state index in [0.717, 1.165) is 11.0 Å². The lowest BCUT2D eigenvalue weighted by molar-refractivity contribution is 0.931. The molecule has 10 heavy (non-hydrogen) atoms. The minimum absolute atomic E-state index is 0.949. The highest BCUT2D eigenvalue weighted by Crippen LogP contribution is 2.05. The molecule has 0 saturated heterocycles. The van der Waals surface area contributed by atoms with Crippen LogP contribution in [0, 0.1) is 0 Å². The van der Waals surface area contributed by atoms with Crippen molar-refractivity contribution >= 4 is 11.0 Å². The number of hydrogen-bond donors (Lipinski definition) is 0. The van der Waals surface area contributed by atoms with E-state index in [9.17, 15) is 0 Å². The fourth-order valence-corrected chi connectivity index (χ4v) is 0.982. The van der Waals surface area contributed by atoms with Crippen LogP contribution in [-0.2, 0) is 7.05 Å². The predicted octanol–water partition coefficient (Wildman–Crippen LogP) is 0.968. The number of aromatic nitrogens is 3. The van der Waals surface area contributed by atoms with Crippen molar-refractivity contribution in [2.24, 2.45) is 7.05 Å². The number of rotatable bonds is 0. The van der Waals surface area contributed by atoms with E-state index >= 15 is 0 Å². The normalized spacial score (nSPS) is 10.5. The van der Waals surface area contributed by atoms with E-state index in [4.69, 9.17) is 0 Å². The maximum Gasteiger partial charge on any atom is 0.106 e. The minimum atomic E-state index is 0.949. The van der Waals surface area contributed by atoms with Crippen molar-refractivity contribution in [2.45, 2.75) is 0 Å². The second-order valence-corrected chi connectivity index (χ2v) is 2.25. The number of hydrogen-bond acceptors (Lipinski definition) is 2. The zero-order chi connectivity index (χ0) is 6.97. The first-order chi connectivity index (χ1) is 4.86. The van der Waals surface area contributed by atoms with Crippen molar-refractivity contribution in [3.63, 3.8) is 0 Å². The topological polar surface area (TPSA) is 30.7 Å². The number of fused-ring (bicyclic) bond motifs is 1. The lowest BCUT2D eigenvalue weighted by Crippen LogP contribution is -1.76. The van der Waals surface area contributed by atoms with Gasteiger partial charge in [-0.25, -0.2) is 0 Å². The average molecular weight is 133 g/mol. The van der Waals surface area contributed by atoms with Crippen LogP contribution < -0.4 is 0 Å². The molecule has 0 aliphatic heterocycles. The molecule has 0 unspecified atom stereocenters. The van der Waals surface area contributed by atoms with Crippen LogP contribution in [0.5, 0.6) is 0 Å². The van der Waals surface area contributed by atoms with Gasteiger partial charge in [0.05, 0.1) is 0 Å². The summed E-state index contributed by atoms with van der Waals surface area (Å²) >= 11 is 0. The van der Waals surface area contributed by atoms with Crippen molar-refractivity contribution in [1.82, 2.24) is 14.5 Å². The van der Waals surface area contributed by atoms with Crippen LogP contribution in [-0.4, -0.2) is 14.5 Å². The minimum Gasteiger partial charge on any atom is -0.353 e. The Morgan fingerprint density at radius 3 is 2.10 bits per heavy atom. The number of aryl methyl sites for hydroxylation is 1. The van der Waals surface area contributed by atoms with Crippen molar-refractivity contribution in [1.29, 1.82) is 0 Å². The summed E-state index contributed by atoms with van der Waals surface area (Å²) in [5, 5.41) is 0. The van der Waals surface area contributed by atoms with Gasteiger partial charge < -0.3 is 4.57 Å². The Morgan fingerprint density at radius 2 is 1.60 bits per heavy atom. The van der Waals surface area contributed by atoms with E-state index in [1.165, 1.54) is 0 Å². The first-order valence-corrected chi connectivity index (χ1v) is 3.09. The van der Waals surface area contributed by atoms with Crippen molar-refractivity contribution in [2.75, 3.05) is 0 Å². The molecule has 0 aliphatic rings. The molecule has 0 atom stereocenters. The quantitative estimate of drug-likeness (QED) is 0.536. The first-order valence-electron chi connectivity index (χ1n) is 3.09. The van der Waals surface area contributed by atoms with Crippen LogP contribution >= 0.6 is 0 Å². The molecule has 2 heterocycles. The monoisotopic (exact) mass is 133 g/mol. The van der Waals surface area contributed by atoms with Gasteiger partial charge in [0, 0.05) is 31.8 Å². The maximum absolute atomic E-state index is 4.12. The molecular weight excluding hydrogens is 126 g/mol. The molecule has 0 fully saturated rings.